The van der Waals surface area contributed by atoms with Crippen LogP contribution in [-0.2, 0) is 25.1 Å². The lowest BCUT2D eigenvalue weighted by Gasteiger charge is -2.07. The molecule has 4 nitrogen and oxygen atoms in total. The van der Waals surface area contributed by atoms with Gasteiger partial charge in [0.05, 0.1) is 10.7 Å². The lowest BCUT2D eigenvalue weighted by Crippen LogP contribution is -2.15. The molecule has 3 rings (SSSR count). The average molecular weight is 310 g/mol. The van der Waals surface area contributed by atoms with E-state index in [0.29, 0.717) is 10.9 Å². The Bertz CT molecular complexity index is 692. The van der Waals surface area contributed by atoms with Crippen LogP contribution in [0.25, 0.3) is 0 Å². The van der Waals surface area contributed by atoms with Crippen LogP contribution < -0.4 is 5.56 Å². The second-order valence-corrected chi connectivity index (χ2v) is 6.21. The number of aromatic amines is 1. The highest BCUT2D eigenvalue weighted by molar-refractivity contribution is 7.98. The normalized spacial score (nSPS) is 13.7. The Morgan fingerprint density at radius 1 is 1.50 bits per heavy atom. The molecule has 0 saturated heterocycles. The Balaban J connectivity index is 1.81. The van der Waals surface area contributed by atoms with Crippen LogP contribution in [0.15, 0.2) is 22.2 Å². The van der Waals surface area contributed by atoms with Gasteiger partial charge in [-0.25, -0.2) is 4.98 Å². The number of hydrogen-bond acceptors (Lipinski definition) is 3. The molecule has 2 aromatic heterocycles. The molecule has 0 spiro atoms. The van der Waals surface area contributed by atoms with Gasteiger partial charge in [-0.2, -0.15) is 0 Å². The van der Waals surface area contributed by atoms with Gasteiger partial charge in [0.25, 0.3) is 5.56 Å². The molecule has 0 amide bonds. The lowest BCUT2D eigenvalue weighted by atomic mass is 10.3. The van der Waals surface area contributed by atoms with Crippen LogP contribution in [0, 0.1) is 0 Å². The first-order chi connectivity index (χ1) is 9.69. The van der Waals surface area contributed by atoms with Crippen LogP contribution >= 0.6 is 23.4 Å². The molecule has 0 bridgehead atoms. The van der Waals surface area contributed by atoms with Gasteiger partial charge in [-0.3, -0.25) is 4.79 Å². The van der Waals surface area contributed by atoms with Crippen molar-refractivity contribution in [3.63, 3.8) is 0 Å². The molecular formula is C14H16ClN3OS. The number of rotatable bonds is 4. The van der Waals surface area contributed by atoms with Crippen molar-refractivity contribution in [2.45, 2.75) is 43.6 Å². The van der Waals surface area contributed by atoms with Gasteiger partial charge in [0.2, 0.25) is 0 Å². The number of nitrogens with one attached hydrogen (secondary N) is 1. The Morgan fingerprint density at radius 3 is 3.15 bits per heavy atom. The van der Waals surface area contributed by atoms with Crippen molar-refractivity contribution in [3.8, 4) is 0 Å². The Hall–Kier alpha value is -1.20. The van der Waals surface area contributed by atoms with Gasteiger partial charge < -0.3 is 9.55 Å². The first kappa shape index (κ1) is 13.8. The van der Waals surface area contributed by atoms with Crippen LogP contribution in [-0.4, -0.2) is 14.5 Å². The van der Waals surface area contributed by atoms with Gasteiger partial charge in [0, 0.05) is 29.8 Å². The number of aromatic nitrogens is 3. The van der Waals surface area contributed by atoms with E-state index in [-0.39, 0.29) is 5.56 Å². The number of nitrogens with zero attached hydrogens (tertiary/aromatic N) is 2. The summed E-state index contributed by atoms with van der Waals surface area (Å²) < 4.78 is 2.11. The number of fused-ring (bicyclic) bond motifs is 1. The number of hydrogen-bond donors (Lipinski definition) is 1. The number of aryl methyl sites for hydroxylation is 2. The summed E-state index contributed by atoms with van der Waals surface area (Å²) in [5.74, 6) is 0.710. The van der Waals surface area contributed by atoms with Gasteiger partial charge in [0.1, 0.15) is 0 Å². The highest BCUT2D eigenvalue weighted by Crippen LogP contribution is 2.26. The lowest BCUT2D eigenvalue weighted by molar-refractivity contribution is 0.738. The minimum atomic E-state index is 0.0203. The van der Waals surface area contributed by atoms with Gasteiger partial charge in [0.15, 0.2) is 5.16 Å². The predicted molar refractivity (Wildman–Crippen MR) is 81.6 cm³/mol. The van der Waals surface area contributed by atoms with Gasteiger partial charge in [-0.1, -0.05) is 23.4 Å². The van der Waals surface area contributed by atoms with Crippen molar-refractivity contribution in [3.05, 3.63) is 44.6 Å². The average Bonchev–Trinajstić information content (AvgIpc) is 3.03. The summed E-state index contributed by atoms with van der Waals surface area (Å²) in [7, 11) is 0. The third-order valence-corrected chi connectivity index (χ3v) is 4.86. The first-order valence-electron chi connectivity index (χ1n) is 6.77. The Kier molecular flexibility index (Phi) is 3.89. The molecule has 0 aromatic carbocycles. The van der Waals surface area contributed by atoms with E-state index in [1.165, 1.54) is 11.8 Å². The van der Waals surface area contributed by atoms with Gasteiger partial charge in [-0.05, 0) is 32.3 Å². The maximum atomic E-state index is 11.9. The van der Waals surface area contributed by atoms with E-state index in [4.69, 9.17) is 11.6 Å². The molecule has 0 atom stereocenters. The highest BCUT2D eigenvalue weighted by atomic mass is 35.5. The van der Waals surface area contributed by atoms with Crippen molar-refractivity contribution in [1.29, 1.82) is 0 Å². The van der Waals surface area contributed by atoms with Crippen molar-refractivity contribution in [2.75, 3.05) is 0 Å². The monoisotopic (exact) mass is 309 g/mol. The molecule has 1 aliphatic rings. The molecule has 0 unspecified atom stereocenters. The molecule has 20 heavy (non-hydrogen) atoms. The summed E-state index contributed by atoms with van der Waals surface area (Å²) in [6.07, 6.45) is 4.78. The van der Waals surface area contributed by atoms with Crippen LogP contribution in [0.1, 0.15) is 30.3 Å². The Labute approximate surface area is 126 Å². The molecule has 0 aliphatic heterocycles. The highest BCUT2D eigenvalue weighted by Gasteiger charge is 2.17. The molecule has 106 valence electrons. The summed E-state index contributed by atoms with van der Waals surface area (Å²) >= 11 is 7.72. The van der Waals surface area contributed by atoms with Crippen LogP contribution in [0.5, 0.6) is 0 Å². The standard InChI is InChI=1S/C14H16ClN3OS/c1-2-18-7-6-10(15)12(18)8-20-14-16-11-5-3-4-9(11)13(19)17-14/h6-7H,2-5,8H2,1H3,(H,16,17,19). The molecule has 0 saturated carbocycles. The third kappa shape index (κ3) is 2.52. The zero-order valence-corrected chi connectivity index (χ0v) is 12.9. The SMILES string of the molecule is CCn1ccc(Cl)c1CSc1nc2c(c(=O)[nH]1)CCC2. The summed E-state index contributed by atoms with van der Waals surface area (Å²) in [4.78, 5) is 19.4. The fraction of sp³-hybridized carbons (Fsp3) is 0.429. The van der Waals surface area contributed by atoms with Crippen LogP contribution in [0.3, 0.4) is 0 Å². The number of H-pyrrole nitrogens is 1. The van der Waals surface area contributed by atoms with E-state index in [0.717, 1.165) is 47.8 Å². The zero-order chi connectivity index (χ0) is 14.1. The molecule has 2 heterocycles. The molecule has 6 heteroatoms. The van der Waals surface area contributed by atoms with E-state index in [2.05, 4.69) is 21.5 Å². The molecule has 1 N–H and O–H groups in total. The van der Waals surface area contributed by atoms with E-state index < -0.39 is 0 Å². The third-order valence-electron chi connectivity index (χ3n) is 3.63. The Morgan fingerprint density at radius 2 is 2.35 bits per heavy atom. The summed E-state index contributed by atoms with van der Waals surface area (Å²) in [5.41, 5.74) is 2.92. The zero-order valence-electron chi connectivity index (χ0n) is 11.3. The van der Waals surface area contributed by atoms with Crippen molar-refractivity contribution in [1.82, 2.24) is 14.5 Å². The molecular weight excluding hydrogens is 294 g/mol. The predicted octanol–water partition coefficient (Wildman–Crippen LogP) is 3.03. The molecule has 0 fully saturated rings. The summed E-state index contributed by atoms with van der Waals surface area (Å²) in [6, 6.07) is 1.90. The van der Waals surface area contributed by atoms with Crippen LogP contribution in [0.2, 0.25) is 5.02 Å². The summed E-state index contributed by atoms with van der Waals surface area (Å²) in [5, 5.41) is 1.46. The smallest absolute Gasteiger partial charge is 0.254 e. The van der Waals surface area contributed by atoms with E-state index in [9.17, 15) is 4.79 Å². The van der Waals surface area contributed by atoms with Gasteiger partial charge >= 0.3 is 0 Å². The fourth-order valence-electron chi connectivity index (χ4n) is 2.55. The van der Waals surface area contributed by atoms with Gasteiger partial charge in [-0.15, -0.1) is 0 Å². The maximum absolute atomic E-state index is 11.9. The number of halogens is 1. The second kappa shape index (κ2) is 5.66. The van der Waals surface area contributed by atoms with Crippen LogP contribution in [0.4, 0.5) is 0 Å². The van der Waals surface area contributed by atoms with E-state index in [1.54, 1.807) is 0 Å². The second-order valence-electron chi connectivity index (χ2n) is 4.83. The minimum absolute atomic E-state index is 0.0203. The fourth-order valence-corrected chi connectivity index (χ4v) is 3.80. The molecule has 1 aliphatic carbocycles. The quantitative estimate of drug-likeness (QED) is 0.697. The number of thioether (sulfide) groups is 1. The first-order valence-corrected chi connectivity index (χ1v) is 8.13. The molecule has 0 radical (unpaired) electrons. The largest absolute Gasteiger partial charge is 0.350 e. The van der Waals surface area contributed by atoms with Crippen molar-refractivity contribution in [2.24, 2.45) is 0 Å². The van der Waals surface area contributed by atoms with Crippen molar-refractivity contribution >= 4 is 23.4 Å². The minimum Gasteiger partial charge on any atom is -0.350 e. The van der Waals surface area contributed by atoms with Crippen molar-refractivity contribution < 1.29 is 0 Å². The maximum Gasteiger partial charge on any atom is 0.254 e. The van der Waals surface area contributed by atoms with E-state index in [1.807, 2.05) is 12.3 Å². The van der Waals surface area contributed by atoms with E-state index >= 15 is 0 Å². The topological polar surface area (TPSA) is 50.7 Å². The molecule has 2 aromatic rings. The summed E-state index contributed by atoms with van der Waals surface area (Å²) in [6.45, 7) is 2.97.